The number of nitrogens with zero attached hydrogens (tertiary/aromatic N) is 3. The van der Waals surface area contributed by atoms with Gasteiger partial charge in [-0.2, -0.15) is 0 Å². The van der Waals surface area contributed by atoms with Crippen LogP contribution in [0.5, 0.6) is 0 Å². The average molecular weight is 548 g/mol. The van der Waals surface area contributed by atoms with E-state index in [4.69, 9.17) is 16.3 Å². The molecule has 0 radical (unpaired) electrons. The highest BCUT2D eigenvalue weighted by Crippen LogP contribution is 2.32. The number of benzene rings is 2. The van der Waals surface area contributed by atoms with Gasteiger partial charge in [-0.3, -0.25) is 9.59 Å². The molecular weight excluding hydrogens is 514 g/mol. The second-order valence-corrected chi connectivity index (χ2v) is 10.5. The summed E-state index contributed by atoms with van der Waals surface area (Å²) in [4.78, 5) is 36.8. The maximum absolute atomic E-state index is 13.3. The van der Waals surface area contributed by atoms with Gasteiger partial charge in [-0.15, -0.1) is 0 Å². The molecule has 0 saturated carbocycles. The lowest BCUT2D eigenvalue weighted by atomic mass is 10.0. The van der Waals surface area contributed by atoms with E-state index in [9.17, 15) is 9.59 Å². The van der Waals surface area contributed by atoms with E-state index in [0.29, 0.717) is 42.0 Å². The molecular formula is C30H34ClN5O3. The molecule has 2 aromatic carbocycles. The van der Waals surface area contributed by atoms with Crippen molar-refractivity contribution in [3.8, 4) is 11.3 Å². The lowest BCUT2D eigenvalue weighted by Gasteiger charge is -2.23. The van der Waals surface area contributed by atoms with Crippen LogP contribution in [0.3, 0.4) is 0 Å². The SMILES string of the molecule is CCc1cccc([C@@H](CC)NC(=O)CN2Cc3ccc(-c4nc(NC5CCOCC5)ncc4Cl)cc3C2=O)c1. The number of halogens is 1. The van der Waals surface area contributed by atoms with Gasteiger partial charge in [0, 0.05) is 36.9 Å². The smallest absolute Gasteiger partial charge is 0.254 e. The highest BCUT2D eigenvalue weighted by Gasteiger charge is 2.30. The molecule has 204 valence electrons. The predicted octanol–water partition coefficient (Wildman–Crippen LogP) is 5.17. The lowest BCUT2D eigenvalue weighted by molar-refractivity contribution is -0.122. The third-order valence-corrected chi connectivity index (χ3v) is 7.68. The molecule has 0 bridgehead atoms. The van der Waals surface area contributed by atoms with Crippen molar-refractivity contribution in [2.24, 2.45) is 0 Å². The standard InChI is InChI=1S/C30H34ClN5O3/c1-3-19-6-5-7-20(14-19)26(4-2)34-27(37)18-36-17-22-9-8-21(15-24(22)29(36)38)28-25(31)16-32-30(35-28)33-23-10-12-39-13-11-23/h5-9,14-16,23,26H,3-4,10-13,17-18H2,1-2H3,(H,34,37)(H,32,33,35)/t26-/m1/s1. The van der Waals surface area contributed by atoms with Crippen LogP contribution in [-0.2, 0) is 22.5 Å². The number of amides is 2. The zero-order chi connectivity index (χ0) is 27.4. The summed E-state index contributed by atoms with van der Waals surface area (Å²) >= 11 is 6.47. The summed E-state index contributed by atoms with van der Waals surface area (Å²) in [7, 11) is 0. The predicted molar refractivity (Wildman–Crippen MR) is 152 cm³/mol. The van der Waals surface area contributed by atoms with Crippen LogP contribution in [-0.4, -0.2) is 52.5 Å². The molecule has 1 saturated heterocycles. The molecule has 2 aliphatic heterocycles. The first-order valence-corrected chi connectivity index (χ1v) is 14.0. The summed E-state index contributed by atoms with van der Waals surface area (Å²) < 4.78 is 5.43. The quantitative estimate of drug-likeness (QED) is 0.383. The summed E-state index contributed by atoms with van der Waals surface area (Å²) in [6, 6.07) is 14.1. The topological polar surface area (TPSA) is 96.5 Å². The summed E-state index contributed by atoms with van der Waals surface area (Å²) in [6.07, 6.45) is 5.07. The molecule has 1 fully saturated rings. The van der Waals surface area contributed by atoms with Gasteiger partial charge in [-0.05, 0) is 48.4 Å². The minimum atomic E-state index is -0.173. The Balaban J connectivity index is 1.27. The Morgan fingerprint density at radius 2 is 2.00 bits per heavy atom. The van der Waals surface area contributed by atoms with Crippen molar-refractivity contribution in [2.75, 3.05) is 25.1 Å². The molecule has 0 spiro atoms. The van der Waals surface area contributed by atoms with E-state index in [1.165, 1.54) is 5.56 Å². The Hall–Kier alpha value is -3.49. The molecule has 9 heteroatoms. The first-order valence-electron chi connectivity index (χ1n) is 13.6. The Morgan fingerprint density at radius 3 is 2.77 bits per heavy atom. The number of carbonyl (C=O) groups is 2. The molecule has 1 aromatic heterocycles. The number of carbonyl (C=O) groups excluding carboxylic acids is 2. The number of anilines is 1. The molecule has 3 aromatic rings. The van der Waals surface area contributed by atoms with E-state index in [1.54, 1.807) is 11.1 Å². The number of nitrogens with one attached hydrogen (secondary N) is 2. The second-order valence-electron chi connectivity index (χ2n) is 10.1. The molecule has 5 rings (SSSR count). The summed E-state index contributed by atoms with van der Waals surface area (Å²) in [5.41, 5.74) is 5.06. The zero-order valence-electron chi connectivity index (χ0n) is 22.4. The molecule has 3 heterocycles. The zero-order valence-corrected chi connectivity index (χ0v) is 23.1. The van der Waals surface area contributed by atoms with Crippen molar-refractivity contribution >= 4 is 29.4 Å². The first kappa shape index (κ1) is 27.1. The average Bonchev–Trinajstić information content (AvgIpc) is 3.27. The molecule has 39 heavy (non-hydrogen) atoms. The number of hydrogen-bond donors (Lipinski definition) is 2. The van der Waals surface area contributed by atoms with Crippen LogP contribution in [0.4, 0.5) is 5.95 Å². The monoisotopic (exact) mass is 547 g/mol. The molecule has 8 nitrogen and oxygen atoms in total. The van der Waals surface area contributed by atoms with E-state index >= 15 is 0 Å². The first-order chi connectivity index (χ1) is 18.9. The Morgan fingerprint density at radius 1 is 1.18 bits per heavy atom. The van der Waals surface area contributed by atoms with Crippen molar-refractivity contribution in [1.82, 2.24) is 20.2 Å². The maximum atomic E-state index is 13.3. The van der Waals surface area contributed by atoms with Crippen molar-refractivity contribution in [2.45, 2.75) is 58.2 Å². The maximum Gasteiger partial charge on any atom is 0.254 e. The van der Waals surface area contributed by atoms with Crippen LogP contribution >= 0.6 is 11.6 Å². The van der Waals surface area contributed by atoms with Crippen LogP contribution in [0.2, 0.25) is 5.02 Å². The third-order valence-electron chi connectivity index (χ3n) is 7.40. The van der Waals surface area contributed by atoms with Crippen LogP contribution in [0.15, 0.2) is 48.7 Å². The number of fused-ring (bicyclic) bond motifs is 1. The third kappa shape index (κ3) is 6.23. The molecule has 2 N–H and O–H groups in total. The van der Waals surface area contributed by atoms with Gasteiger partial charge in [0.15, 0.2) is 0 Å². The molecule has 0 unspecified atom stereocenters. The van der Waals surface area contributed by atoms with Crippen molar-refractivity contribution in [1.29, 1.82) is 0 Å². The van der Waals surface area contributed by atoms with E-state index in [2.05, 4.69) is 39.7 Å². The van der Waals surface area contributed by atoms with E-state index in [-0.39, 0.29) is 30.4 Å². The van der Waals surface area contributed by atoms with Gasteiger partial charge in [-0.25, -0.2) is 9.97 Å². The van der Waals surface area contributed by atoms with E-state index in [0.717, 1.165) is 42.4 Å². The Bertz CT molecular complexity index is 1360. The van der Waals surface area contributed by atoms with Crippen molar-refractivity contribution in [3.63, 3.8) is 0 Å². The minimum Gasteiger partial charge on any atom is -0.381 e. The Labute approximate surface area is 234 Å². The highest BCUT2D eigenvalue weighted by molar-refractivity contribution is 6.33. The molecule has 2 amide bonds. The molecule has 2 aliphatic rings. The van der Waals surface area contributed by atoms with E-state index in [1.807, 2.05) is 37.3 Å². The number of hydrogen-bond acceptors (Lipinski definition) is 6. The van der Waals surface area contributed by atoms with Gasteiger partial charge < -0.3 is 20.3 Å². The minimum absolute atomic E-state index is 0.000247. The largest absolute Gasteiger partial charge is 0.381 e. The number of rotatable bonds is 9. The molecule has 1 atom stereocenters. The van der Waals surface area contributed by atoms with Crippen LogP contribution < -0.4 is 10.6 Å². The Kier molecular flexibility index (Phi) is 8.43. The molecule has 0 aliphatic carbocycles. The fourth-order valence-electron chi connectivity index (χ4n) is 5.16. The van der Waals surface area contributed by atoms with Crippen molar-refractivity contribution in [3.05, 3.63) is 75.9 Å². The summed E-state index contributed by atoms with van der Waals surface area (Å²) in [5, 5.41) is 6.89. The number of ether oxygens (including phenoxy) is 1. The van der Waals surface area contributed by atoms with Gasteiger partial charge >= 0.3 is 0 Å². The van der Waals surface area contributed by atoms with Gasteiger partial charge in [0.05, 0.1) is 23.0 Å². The van der Waals surface area contributed by atoms with Crippen molar-refractivity contribution < 1.29 is 14.3 Å². The van der Waals surface area contributed by atoms with Gasteiger partial charge in [-0.1, -0.05) is 61.8 Å². The van der Waals surface area contributed by atoms with Crippen LogP contribution in [0, 0.1) is 0 Å². The lowest BCUT2D eigenvalue weighted by Crippen LogP contribution is -2.39. The normalized spacial score (nSPS) is 16.2. The highest BCUT2D eigenvalue weighted by atomic mass is 35.5. The fraction of sp³-hybridized carbons (Fsp3) is 0.400. The van der Waals surface area contributed by atoms with Crippen LogP contribution in [0.1, 0.15) is 66.2 Å². The van der Waals surface area contributed by atoms with Gasteiger partial charge in [0.2, 0.25) is 11.9 Å². The summed E-state index contributed by atoms with van der Waals surface area (Å²) in [5.74, 6) is 0.156. The van der Waals surface area contributed by atoms with E-state index < -0.39 is 0 Å². The summed E-state index contributed by atoms with van der Waals surface area (Å²) in [6.45, 7) is 5.97. The van der Waals surface area contributed by atoms with Gasteiger partial charge in [0.25, 0.3) is 5.91 Å². The fourth-order valence-corrected chi connectivity index (χ4v) is 5.36. The van der Waals surface area contributed by atoms with Crippen LogP contribution in [0.25, 0.3) is 11.3 Å². The second kappa shape index (κ2) is 12.1. The van der Waals surface area contributed by atoms with Gasteiger partial charge in [0.1, 0.15) is 6.54 Å². The number of aryl methyl sites for hydroxylation is 1. The number of aromatic nitrogens is 2.